The van der Waals surface area contributed by atoms with E-state index in [0.717, 1.165) is 34.1 Å². The summed E-state index contributed by atoms with van der Waals surface area (Å²) in [6.07, 6.45) is 4.83. The van der Waals surface area contributed by atoms with E-state index < -0.39 is 0 Å². The number of rotatable bonds is 8. The number of carbonyl (C=O) groups is 2. The van der Waals surface area contributed by atoms with Gasteiger partial charge in [-0.3, -0.25) is 14.5 Å². The average Bonchev–Trinajstić information content (AvgIpc) is 2.95. The van der Waals surface area contributed by atoms with Gasteiger partial charge in [-0.25, -0.2) is 0 Å². The zero-order valence-corrected chi connectivity index (χ0v) is 19.6. The summed E-state index contributed by atoms with van der Waals surface area (Å²) in [6.45, 7) is 0.593. The van der Waals surface area contributed by atoms with Crippen LogP contribution in [0.25, 0.3) is 6.08 Å². The van der Waals surface area contributed by atoms with E-state index in [2.05, 4.69) is 27.9 Å². The van der Waals surface area contributed by atoms with Gasteiger partial charge in [0.15, 0.2) is 0 Å². The Balaban J connectivity index is 1.40. The van der Waals surface area contributed by atoms with Crippen molar-refractivity contribution in [3.63, 3.8) is 0 Å². The van der Waals surface area contributed by atoms with Crippen LogP contribution in [-0.2, 0) is 9.59 Å². The number of halogens is 1. The second kappa shape index (κ2) is 10.9. The molecule has 0 radical (unpaired) electrons. The molecule has 0 bridgehead atoms. The molecule has 7 heteroatoms. The average molecular weight is 536 g/mol. The second-order valence-electron chi connectivity index (χ2n) is 6.61. The van der Waals surface area contributed by atoms with Gasteiger partial charge in [-0.15, -0.1) is 0 Å². The summed E-state index contributed by atoms with van der Waals surface area (Å²) >= 11 is 8.95. The molecule has 0 aliphatic carbocycles. The van der Waals surface area contributed by atoms with Crippen LogP contribution in [-0.4, -0.2) is 27.6 Å². The fourth-order valence-corrected chi connectivity index (χ4v) is 4.77. The standard InChI is InChI=1S/C22H21IN2O2S2/c23-17-10-7-11-18(15-17)24-20(26)12-5-2-6-13-25-21(27)19(29-22(25)28)14-16-8-3-1-4-9-16/h1,3-4,7-11,14-15H,2,5-6,12-13H2,(H,24,26)/b19-14-. The van der Waals surface area contributed by atoms with Crippen LogP contribution in [0.5, 0.6) is 0 Å². The SMILES string of the molecule is O=C(CCCCCN1C(=O)/C(=C/c2ccccc2)SC1=S)Nc1cccc(I)c1. The number of anilines is 1. The van der Waals surface area contributed by atoms with E-state index in [1.807, 2.05) is 60.7 Å². The van der Waals surface area contributed by atoms with Gasteiger partial charge < -0.3 is 5.32 Å². The number of thioether (sulfide) groups is 1. The Morgan fingerprint density at radius 3 is 2.66 bits per heavy atom. The van der Waals surface area contributed by atoms with Crippen molar-refractivity contribution >= 4 is 74.5 Å². The summed E-state index contributed by atoms with van der Waals surface area (Å²) in [5, 5.41) is 2.92. The minimum Gasteiger partial charge on any atom is -0.326 e. The van der Waals surface area contributed by atoms with Crippen molar-refractivity contribution in [3.05, 3.63) is 68.6 Å². The molecule has 1 fully saturated rings. The van der Waals surface area contributed by atoms with E-state index in [1.165, 1.54) is 11.8 Å². The van der Waals surface area contributed by atoms with Gasteiger partial charge in [0.2, 0.25) is 5.91 Å². The molecule has 4 nitrogen and oxygen atoms in total. The maximum absolute atomic E-state index is 12.6. The first-order valence-corrected chi connectivity index (χ1v) is 11.7. The van der Waals surface area contributed by atoms with Gasteiger partial charge >= 0.3 is 0 Å². The molecule has 1 saturated heterocycles. The monoisotopic (exact) mass is 536 g/mol. The smallest absolute Gasteiger partial charge is 0.266 e. The highest BCUT2D eigenvalue weighted by molar-refractivity contribution is 14.1. The molecule has 0 spiro atoms. The van der Waals surface area contributed by atoms with Crippen LogP contribution in [0.3, 0.4) is 0 Å². The molecule has 0 unspecified atom stereocenters. The fourth-order valence-electron chi connectivity index (χ4n) is 2.92. The van der Waals surface area contributed by atoms with E-state index in [1.54, 1.807) is 4.90 Å². The number of unbranched alkanes of at least 4 members (excludes halogenated alkanes) is 2. The van der Waals surface area contributed by atoms with E-state index in [0.29, 0.717) is 22.2 Å². The van der Waals surface area contributed by atoms with Crippen molar-refractivity contribution in [1.29, 1.82) is 0 Å². The lowest BCUT2D eigenvalue weighted by atomic mass is 10.1. The summed E-state index contributed by atoms with van der Waals surface area (Å²) < 4.78 is 1.69. The Labute approximate surface area is 194 Å². The third-order valence-corrected chi connectivity index (χ3v) is 6.41. The van der Waals surface area contributed by atoms with Crippen LogP contribution in [0.4, 0.5) is 5.69 Å². The Hall–Kier alpha value is -1.71. The van der Waals surface area contributed by atoms with Crippen LogP contribution in [0.1, 0.15) is 31.2 Å². The first-order valence-electron chi connectivity index (χ1n) is 9.39. The second-order valence-corrected chi connectivity index (χ2v) is 9.53. The predicted molar refractivity (Wildman–Crippen MR) is 133 cm³/mol. The van der Waals surface area contributed by atoms with E-state index >= 15 is 0 Å². The molecule has 0 atom stereocenters. The molecule has 2 aromatic rings. The van der Waals surface area contributed by atoms with Crippen molar-refractivity contribution in [1.82, 2.24) is 4.90 Å². The van der Waals surface area contributed by atoms with Gasteiger partial charge in [0.1, 0.15) is 4.32 Å². The zero-order valence-electron chi connectivity index (χ0n) is 15.8. The summed E-state index contributed by atoms with van der Waals surface area (Å²) in [4.78, 5) is 27.0. The Kier molecular flexibility index (Phi) is 8.26. The van der Waals surface area contributed by atoms with Gasteiger partial charge in [0, 0.05) is 22.2 Å². The number of nitrogens with zero attached hydrogens (tertiary/aromatic N) is 1. The summed E-state index contributed by atoms with van der Waals surface area (Å²) in [7, 11) is 0. The molecule has 3 rings (SSSR count). The van der Waals surface area contributed by atoms with Crippen molar-refractivity contribution < 1.29 is 9.59 Å². The molecule has 150 valence electrons. The van der Waals surface area contributed by atoms with Crippen molar-refractivity contribution in [2.75, 3.05) is 11.9 Å². The van der Waals surface area contributed by atoms with E-state index in [-0.39, 0.29) is 11.8 Å². The van der Waals surface area contributed by atoms with Crippen LogP contribution in [0, 0.1) is 3.57 Å². The zero-order chi connectivity index (χ0) is 20.6. The lowest BCUT2D eigenvalue weighted by Gasteiger charge is -2.14. The highest BCUT2D eigenvalue weighted by atomic mass is 127. The van der Waals surface area contributed by atoms with Crippen molar-refractivity contribution in [2.45, 2.75) is 25.7 Å². The van der Waals surface area contributed by atoms with Crippen molar-refractivity contribution in [2.24, 2.45) is 0 Å². The van der Waals surface area contributed by atoms with Crippen LogP contribution >= 0.6 is 46.6 Å². The summed E-state index contributed by atoms with van der Waals surface area (Å²) in [5.41, 5.74) is 1.82. The summed E-state index contributed by atoms with van der Waals surface area (Å²) in [5.74, 6) is -0.0105. The van der Waals surface area contributed by atoms with E-state index in [4.69, 9.17) is 12.2 Å². The molecular formula is C22H21IN2O2S2. The van der Waals surface area contributed by atoms with Crippen LogP contribution in [0.15, 0.2) is 59.5 Å². The molecule has 2 amide bonds. The van der Waals surface area contributed by atoms with Gasteiger partial charge in [0.05, 0.1) is 4.91 Å². The third-order valence-electron chi connectivity index (χ3n) is 4.36. The topological polar surface area (TPSA) is 49.4 Å². The summed E-state index contributed by atoms with van der Waals surface area (Å²) in [6, 6.07) is 17.5. The minimum atomic E-state index is -0.0275. The first kappa shape index (κ1) is 22.0. The third kappa shape index (κ3) is 6.65. The maximum atomic E-state index is 12.6. The predicted octanol–water partition coefficient (Wildman–Crippen LogP) is 5.69. The normalized spacial score (nSPS) is 15.2. The molecule has 29 heavy (non-hydrogen) atoms. The lowest BCUT2D eigenvalue weighted by Crippen LogP contribution is -2.29. The van der Waals surface area contributed by atoms with Gasteiger partial charge in [0.25, 0.3) is 5.91 Å². The fraction of sp³-hybridized carbons (Fsp3) is 0.227. The van der Waals surface area contributed by atoms with Crippen LogP contribution < -0.4 is 5.32 Å². The molecule has 0 aromatic heterocycles. The quantitative estimate of drug-likeness (QED) is 0.204. The van der Waals surface area contributed by atoms with Gasteiger partial charge in [-0.1, -0.05) is 66.8 Å². The first-order chi connectivity index (χ1) is 14.0. The molecule has 0 saturated carbocycles. The number of amides is 2. The Morgan fingerprint density at radius 2 is 1.90 bits per heavy atom. The molecule has 1 heterocycles. The molecule has 1 aliphatic heterocycles. The molecule has 1 aliphatic rings. The molecular weight excluding hydrogens is 515 g/mol. The highest BCUT2D eigenvalue weighted by Crippen LogP contribution is 2.32. The van der Waals surface area contributed by atoms with E-state index in [9.17, 15) is 9.59 Å². The largest absolute Gasteiger partial charge is 0.326 e. The maximum Gasteiger partial charge on any atom is 0.266 e. The number of thiocarbonyl (C=S) groups is 1. The molecule has 2 aromatic carbocycles. The van der Waals surface area contributed by atoms with Gasteiger partial charge in [-0.2, -0.15) is 0 Å². The number of hydrogen-bond donors (Lipinski definition) is 1. The minimum absolute atomic E-state index is 0.0170. The van der Waals surface area contributed by atoms with Crippen molar-refractivity contribution in [3.8, 4) is 0 Å². The Bertz CT molecular complexity index is 931. The Morgan fingerprint density at radius 1 is 1.10 bits per heavy atom. The highest BCUT2D eigenvalue weighted by Gasteiger charge is 2.31. The number of hydrogen-bond acceptors (Lipinski definition) is 4. The van der Waals surface area contributed by atoms with Gasteiger partial charge in [-0.05, 0) is 65.3 Å². The molecule has 1 N–H and O–H groups in total. The number of benzene rings is 2. The number of nitrogens with one attached hydrogen (secondary N) is 1. The number of carbonyl (C=O) groups excluding carboxylic acids is 2. The van der Waals surface area contributed by atoms with Crippen LogP contribution in [0.2, 0.25) is 0 Å². The lowest BCUT2D eigenvalue weighted by molar-refractivity contribution is -0.122.